The van der Waals surface area contributed by atoms with Crippen molar-refractivity contribution in [2.24, 2.45) is 0 Å². The summed E-state index contributed by atoms with van der Waals surface area (Å²) in [5.41, 5.74) is 0.111. The molecule has 1 amide bonds. The second-order valence-corrected chi connectivity index (χ2v) is 10.2. The maximum absolute atomic E-state index is 12.6. The molecule has 1 aliphatic heterocycles. The van der Waals surface area contributed by atoms with Gasteiger partial charge in [-0.25, -0.2) is 9.67 Å². The quantitative estimate of drug-likeness (QED) is 0.368. The molecule has 1 aromatic carbocycles. The van der Waals surface area contributed by atoms with E-state index < -0.39 is 36.4 Å². The average Bonchev–Trinajstić information content (AvgIpc) is 3.44. The molecule has 2 aromatic heterocycles. The third-order valence-corrected chi connectivity index (χ3v) is 7.33. The van der Waals surface area contributed by atoms with E-state index in [9.17, 15) is 25.2 Å². The molecule has 1 aliphatic rings. The lowest BCUT2D eigenvalue weighted by Crippen LogP contribution is -2.55. The minimum absolute atomic E-state index is 0.128. The molecule has 0 spiro atoms. The molecule has 1 fully saturated rings. The van der Waals surface area contributed by atoms with Crippen LogP contribution in [0, 0.1) is 0 Å². The molecular weight excluding hydrogens is 506 g/mol. The number of carbonyl (C=O) groups excluding carboxylic acids is 1. The van der Waals surface area contributed by atoms with Crippen LogP contribution in [0.1, 0.15) is 16.4 Å². The minimum atomic E-state index is -1.31. The van der Waals surface area contributed by atoms with Crippen LogP contribution in [0.25, 0.3) is 11.4 Å². The van der Waals surface area contributed by atoms with Gasteiger partial charge in [0, 0.05) is 29.4 Å². The van der Waals surface area contributed by atoms with E-state index >= 15 is 0 Å². The van der Waals surface area contributed by atoms with Crippen LogP contribution in [0.2, 0.25) is 5.02 Å². The van der Waals surface area contributed by atoms with Crippen LogP contribution in [0.3, 0.4) is 0 Å². The van der Waals surface area contributed by atoms with Crippen molar-refractivity contribution in [2.75, 3.05) is 20.7 Å². The van der Waals surface area contributed by atoms with Gasteiger partial charge in [0.15, 0.2) is 0 Å². The van der Waals surface area contributed by atoms with E-state index in [1.807, 2.05) is 0 Å². The molecule has 5 atom stereocenters. The van der Waals surface area contributed by atoms with Crippen LogP contribution in [-0.4, -0.2) is 95.7 Å². The lowest BCUT2D eigenvalue weighted by molar-refractivity contribution is -0.178. The molecule has 0 aliphatic carbocycles. The first kappa shape index (κ1) is 24.9. The standard InChI is InChI=1S/C20H22ClN5O6S2/c1-25(2)18(30)10-4-3-9(21)5-14(10)34-19-17(29)15(16(28)13(7-27)32-19)26-6-11(23-24-26)12-8-33-20(31)22-12/h3-6,8,13,15-17,19,27-29H,7H2,1-2H3,(H,22,31)/t13-,15+,16+,17-,19-/m1/s1. The van der Waals surface area contributed by atoms with Crippen molar-refractivity contribution in [1.82, 2.24) is 24.9 Å². The monoisotopic (exact) mass is 527 g/mol. The van der Waals surface area contributed by atoms with Crippen molar-refractivity contribution in [2.45, 2.75) is 34.7 Å². The Bertz CT molecular complexity index is 1170. The first-order chi connectivity index (χ1) is 16.2. The predicted octanol–water partition coefficient (Wildman–Crippen LogP) is 1.23. The lowest BCUT2D eigenvalue weighted by atomic mass is 9.97. The summed E-state index contributed by atoms with van der Waals surface area (Å²) in [7, 11) is 3.24. The number of benzene rings is 1. The van der Waals surface area contributed by atoms with Crippen LogP contribution in [0.15, 0.2) is 34.7 Å². The fourth-order valence-corrected chi connectivity index (χ4v) is 5.54. The first-order valence-electron chi connectivity index (χ1n) is 10.1. The zero-order chi connectivity index (χ0) is 24.6. The molecule has 4 rings (SSSR count). The third kappa shape index (κ3) is 4.91. The van der Waals surface area contributed by atoms with Crippen LogP contribution < -0.4 is 0 Å². The number of aromatic nitrogens is 4. The Morgan fingerprint density at radius 3 is 2.71 bits per heavy atom. The highest BCUT2D eigenvalue weighted by Crippen LogP contribution is 2.40. The van der Waals surface area contributed by atoms with Gasteiger partial charge in [0.25, 0.3) is 11.1 Å². The van der Waals surface area contributed by atoms with E-state index in [4.69, 9.17) is 16.3 Å². The Kier molecular flexibility index (Phi) is 7.42. The van der Waals surface area contributed by atoms with Gasteiger partial charge in [0.1, 0.15) is 41.2 Å². The van der Waals surface area contributed by atoms with Crippen molar-refractivity contribution >= 4 is 40.6 Å². The van der Waals surface area contributed by atoms with E-state index in [2.05, 4.69) is 15.3 Å². The highest BCUT2D eigenvalue weighted by Gasteiger charge is 2.46. The van der Waals surface area contributed by atoms with Crippen LogP contribution in [-0.2, 0) is 4.74 Å². The van der Waals surface area contributed by atoms with E-state index in [0.717, 1.165) is 23.1 Å². The molecule has 3 heterocycles. The molecule has 11 nitrogen and oxygen atoms in total. The maximum atomic E-state index is 12.6. The van der Waals surface area contributed by atoms with Gasteiger partial charge in [0.05, 0.1) is 18.4 Å². The number of aromatic hydroxyl groups is 1. The molecule has 3 aromatic rings. The second kappa shape index (κ2) is 10.2. The largest absolute Gasteiger partial charge is 0.486 e. The number of aliphatic hydroxyl groups is 3. The van der Waals surface area contributed by atoms with E-state index in [0.29, 0.717) is 26.9 Å². The number of hydrogen-bond donors (Lipinski definition) is 4. The SMILES string of the molecule is CN(C)C(=O)c1ccc(Cl)cc1S[C@H]1O[C@H](CO)[C@H](O)[C@H](n2cc(-c3csc(O)n3)nn2)[C@H]1O. The number of amides is 1. The van der Waals surface area contributed by atoms with Crippen molar-refractivity contribution < 1.29 is 30.0 Å². The molecule has 0 saturated carbocycles. The van der Waals surface area contributed by atoms with Gasteiger partial charge in [-0.1, -0.05) is 39.9 Å². The number of ether oxygens (including phenoxy) is 1. The van der Waals surface area contributed by atoms with Crippen molar-refractivity contribution in [3.8, 4) is 16.6 Å². The van der Waals surface area contributed by atoms with Crippen LogP contribution >= 0.6 is 34.7 Å². The number of hydrogen-bond acceptors (Lipinski definition) is 11. The summed E-state index contributed by atoms with van der Waals surface area (Å²) in [5.74, 6) is -0.257. The van der Waals surface area contributed by atoms with Gasteiger partial charge in [-0.2, -0.15) is 0 Å². The first-order valence-corrected chi connectivity index (χ1v) is 12.2. The van der Waals surface area contributed by atoms with E-state index in [1.165, 1.54) is 15.8 Å². The Labute approximate surface area is 207 Å². The van der Waals surface area contributed by atoms with Gasteiger partial charge in [-0.05, 0) is 18.2 Å². The summed E-state index contributed by atoms with van der Waals surface area (Å²) >= 11 is 8.24. The van der Waals surface area contributed by atoms with Gasteiger partial charge in [0.2, 0.25) is 0 Å². The molecule has 182 valence electrons. The Morgan fingerprint density at radius 1 is 1.29 bits per heavy atom. The Balaban J connectivity index is 1.65. The molecule has 14 heteroatoms. The minimum Gasteiger partial charge on any atom is -0.486 e. The summed E-state index contributed by atoms with van der Waals surface area (Å²) in [6.45, 7) is -0.512. The number of thiazole rings is 1. The number of halogens is 1. The number of carbonyl (C=O) groups is 1. The zero-order valence-electron chi connectivity index (χ0n) is 18.0. The number of nitrogens with zero attached hydrogens (tertiary/aromatic N) is 5. The highest BCUT2D eigenvalue weighted by atomic mass is 35.5. The van der Waals surface area contributed by atoms with Crippen molar-refractivity contribution in [1.29, 1.82) is 0 Å². The molecule has 0 radical (unpaired) electrons. The van der Waals surface area contributed by atoms with Crippen molar-refractivity contribution in [3.05, 3.63) is 40.4 Å². The Hall–Kier alpha value is -2.26. The highest BCUT2D eigenvalue weighted by molar-refractivity contribution is 8.00. The van der Waals surface area contributed by atoms with Gasteiger partial charge < -0.3 is 30.1 Å². The second-order valence-electron chi connectivity index (χ2n) is 7.75. The van der Waals surface area contributed by atoms with Crippen molar-refractivity contribution in [3.63, 3.8) is 0 Å². The molecule has 0 unspecified atom stereocenters. The average molecular weight is 528 g/mol. The maximum Gasteiger partial charge on any atom is 0.271 e. The summed E-state index contributed by atoms with van der Waals surface area (Å²) < 4.78 is 7.07. The summed E-state index contributed by atoms with van der Waals surface area (Å²) in [5, 5.41) is 51.2. The lowest BCUT2D eigenvalue weighted by Gasteiger charge is -2.41. The van der Waals surface area contributed by atoms with E-state index in [1.54, 1.807) is 37.7 Å². The van der Waals surface area contributed by atoms with Gasteiger partial charge >= 0.3 is 0 Å². The fraction of sp³-hybridized carbons (Fsp3) is 0.400. The summed E-state index contributed by atoms with van der Waals surface area (Å²) in [4.78, 5) is 18.5. The molecule has 1 saturated heterocycles. The number of thioether (sulfide) groups is 1. The Morgan fingerprint density at radius 2 is 2.06 bits per heavy atom. The molecule has 0 bridgehead atoms. The summed E-state index contributed by atoms with van der Waals surface area (Å²) in [6, 6.07) is 3.75. The van der Waals surface area contributed by atoms with E-state index in [-0.39, 0.29) is 11.1 Å². The summed E-state index contributed by atoms with van der Waals surface area (Å²) in [6.07, 6.45) is -2.16. The van der Waals surface area contributed by atoms with Gasteiger partial charge in [-0.3, -0.25) is 4.79 Å². The predicted molar refractivity (Wildman–Crippen MR) is 125 cm³/mol. The van der Waals surface area contributed by atoms with Crippen LogP contribution in [0.5, 0.6) is 5.19 Å². The normalized spacial score (nSPS) is 24.8. The number of rotatable bonds is 6. The fourth-order valence-electron chi connectivity index (χ4n) is 3.54. The smallest absolute Gasteiger partial charge is 0.271 e. The van der Waals surface area contributed by atoms with Gasteiger partial charge in [-0.15, -0.1) is 5.10 Å². The zero-order valence-corrected chi connectivity index (χ0v) is 20.4. The molecular formula is C20H22ClN5O6S2. The number of aliphatic hydroxyl groups excluding tert-OH is 3. The molecule has 4 N–H and O–H groups in total. The third-order valence-electron chi connectivity index (χ3n) is 5.24. The van der Waals surface area contributed by atoms with Crippen LogP contribution in [0.4, 0.5) is 0 Å². The topological polar surface area (TPSA) is 154 Å². The molecule has 34 heavy (non-hydrogen) atoms.